The zero-order chi connectivity index (χ0) is 13.1. The molecule has 0 saturated heterocycles. The van der Waals surface area contributed by atoms with Crippen LogP contribution in [0, 0.1) is 0 Å². The highest BCUT2D eigenvalue weighted by Gasteiger charge is 2.15. The van der Waals surface area contributed by atoms with Crippen molar-refractivity contribution in [3.05, 3.63) is 18.2 Å². The summed E-state index contributed by atoms with van der Waals surface area (Å²) >= 11 is 0. The minimum absolute atomic E-state index is 0.0498. The van der Waals surface area contributed by atoms with Crippen molar-refractivity contribution in [2.75, 3.05) is 33.0 Å². The van der Waals surface area contributed by atoms with E-state index in [0.29, 0.717) is 18.9 Å². The Kier molecular flexibility index (Phi) is 4.33. The van der Waals surface area contributed by atoms with Crippen LogP contribution in [0.1, 0.15) is 0 Å². The number of ether oxygens (including phenoxy) is 1. The van der Waals surface area contributed by atoms with Gasteiger partial charge in [0, 0.05) is 6.54 Å². The first-order valence-corrected chi connectivity index (χ1v) is 6.56. The van der Waals surface area contributed by atoms with Crippen LogP contribution >= 0.6 is 0 Å². The van der Waals surface area contributed by atoms with E-state index >= 15 is 0 Å². The Balaban J connectivity index is 2.88. The van der Waals surface area contributed by atoms with E-state index in [1.54, 1.807) is 12.1 Å². The fraction of sp³-hybridized carbons (Fsp3) is 0.400. The van der Waals surface area contributed by atoms with E-state index in [1.165, 1.54) is 6.07 Å². The molecule has 0 aliphatic rings. The van der Waals surface area contributed by atoms with Crippen molar-refractivity contribution in [2.45, 2.75) is 4.90 Å². The zero-order valence-corrected chi connectivity index (χ0v) is 10.7. The van der Waals surface area contributed by atoms with Crippen LogP contribution in [0.3, 0.4) is 0 Å². The molecule has 4 N–H and O–H groups in total. The lowest BCUT2D eigenvalue weighted by molar-refractivity contribution is 0.262. The lowest BCUT2D eigenvalue weighted by Gasteiger charge is -2.13. The topological polar surface area (TPSA) is 98.6 Å². The Hall–Kier alpha value is -1.31. The van der Waals surface area contributed by atoms with Crippen LogP contribution in [0.5, 0.6) is 5.75 Å². The van der Waals surface area contributed by atoms with Crippen molar-refractivity contribution < 1.29 is 13.2 Å². The summed E-state index contributed by atoms with van der Waals surface area (Å²) in [5, 5.41) is 5.03. The summed E-state index contributed by atoms with van der Waals surface area (Å²) in [6.07, 6.45) is 0. The quantitative estimate of drug-likeness (QED) is 0.717. The number of nitrogen functional groups attached to an aromatic ring is 1. The Labute approximate surface area is 101 Å². The summed E-state index contributed by atoms with van der Waals surface area (Å²) in [6.45, 7) is 1.13. The molecule has 0 amide bonds. The zero-order valence-electron chi connectivity index (χ0n) is 9.88. The van der Waals surface area contributed by atoms with Crippen LogP contribution in [0.15, 0.2) is 23.1 Å². The molecule has 0 heterocycles. The van der Waals surface area contributed by atoms with Gasteiger partial charge in [0.1, 0.15) is 17.3 Å². The molecule has 0 saturated carbocycles. The average Bonchev–Trinajstić information content (AvgIpc) is 2.18. The van der Waals surface area contributed by atoms with E-state index in [2.05, 4.69) is 0 Å². The van der Waals surface area contributed by atoms with Crippen molar-refractivity contribution in [3.8, 4) is 5.75 Å². The van der Waals surface area contributed by atoms with E-state index in [0.717, 1.165) is 0 Å². The number of likely N-dealkylation sites (N-methyl/N-ethyl adjacent to an activating group) is 1. The number of sulfonamides is 1. The molecule has 0 unspecified atom stereocenters. The summed E-state index contributed by atoms with van der Waals surface area (Å²) < 4.78 is 27.8. The summed E-state index contributed by atoms with van der Waals surface area (Å²) in [5.41, 5.74) is 5.74. The molecular formula is C10H17N3O3S. The van der Waals surface area contributed by atoms with Crippen LogP contribution in [-0.2, 0) is 10.0 Å². The molecule has 0 aliphatic heterocycles. The molecule has 0 aromatic heterocycles. The van der Waals surface area contributed by atoms with Gasteiger partial charge in [-0.05, 0) is 26.2 Å². The van der Waals surface area contributed by atoms with E-state index in [4.69, 9.17) is 15.6 Å². The summed E-state index contributed by atoms with van der Waals surface area (Å²) in [6, 6.07) is 4.50. The van der Waals surface area contributed by atoms with Crippen LogP contribution in [0.2, 0.25) is 0 Å². The van der Waals surface area contributed by atoms with Crippen molar-refractivity contribution in [1.29, 1.82) is 0 Å². The highest BCUT2D eigenvalue weighted by atomic mass is 32.2. The number of benzene rings is 1. The van der Waals surface area contributed by atoms with Gasteiger partial charge in [-0.25, -0.2) is 13.6 Å². The molecule has 0 radical (unpaired) electrons. The lowest BCUT2D eigenvalue weighted by atomic mass is 10.3. The van der Waals surface area contributed by atoms with Crippen molar-refractivity contribution in [3.63, 3.8) is 0 Å². The second-order valence-electron chi connectivity index (χ2n) is 3.86. The molecule has 6 nitrogen and oxygen atoms in total. The third kappa shape index (κ3) is 3.88. The molecule has 0 aliphatic carbocycles. The van der Waals surface area contributed by atoms with Gasteiger partial charge in [0.15, 0.2) is 0 Å². The maximum absolute atomic E-state index is 11.2. The predicted molar refractivity (Wildman–Crippen MR) is 66.3 cm³/mol. The average molecular weight is 259 g/mol. The molecule has 0 bridgehead atoms. The van der Waals surface area contributed by atoms with Crippen LogP contribution in [-0.4, -0.2) is 40.6 Å². The Morgan fingerprint density at radius 1 is 1.35 bits per heavy atom. The van der Waals surface area contributed by atoms with E-state index in [1.807, 2.05) is 19.0 Å². The van der Waals surface area contributed by atoms with Crippen LogP contribution in [0.25, 0.3) is 0 Å². The smallest absolute Gasteiger partial charge is 0.240 e. The Morgan fingerprint density at radius 3 is 2.53 bits per heavy atom. The number of nitrogens with zero attached hydrogens (tertiary/aromatic N) is 1. The number of rotatable bonds is 5. The first kappa shape index (κ1) is 13.8. The second kappa shape index (κ2) is 5.35. The summed E-state index contributed by atoms with van der Waals surface area (Å²) in [5.74, 6) is 0.332. The standard InChI is InChI=1S/C10H17N3O3S/c1-13(2)6-7-16-8-4-3-5-9(10(8)11)17(12,14)15/h3-5H,6-7,11H2,1-2H3,(H2,12,14,15). The second-order valence-corrected chi connectivity index (χ2v) is 5.39. The first-order chi connectivity index (χ1) is 7.82. The number of nitrogens with two attached hydrogens (primary N) is 2. The summed E-state index contributed by atoms with van der Waals surface area (Å²) in [4.78, 5) is 1.83. The molecule has 0 fully saturated rings. The lowest BCUT2D eigenvalue weighted by Crippen LogP contribution is -2.20. The van der Waals surface area contributed by atoms with Crippen molar-refractivity contribution in [2.24, 2.45) is 5.14 Å². The van der Waals surface area contributed by atoms with Crippen LogP contribution in [0.4, 0.5) is 5.69 Å². The molecule has 1 aromatic carbocycles. The van der Waals surface area contributed by atoms with Gasteiger partial charge < -0.3 is 15.4 Å². The SMILES string of the molecule is CN(C)CCOc1cccc(S(N)(=O)=O)c1N. The highest BCUT2D eigenvalue weighted by molar-refractivity contribution is 7.89. The van der Waals surface area contributed by atoms with E-state index < -0.39 is 10.0 Å². The van der Waals surface area contributed by atoms with E-state index in [-0.39, 0.29) is 10.6 Å². The Bertz CT molecular complexity index is 486. The number of primary sulfonamides is 1. The third-order valence-corrected chi connectivity index (χ3v) is 3.10. The van der Waals surface area contributed by atoms with Gasteiger partial charge in [0.25, 0.3) is 0 Å². The highest BCUT2D eigenvalue weighted by Crippen LogP contribution is 2.27. The van der Waals surface area contributed by atoms with Gasteiger partial charge in [-0.2, -0.15) is 0 Å². The van der Waals surface area contributed by atoms with Gasteiger partial charge in [-0.1, -0.05) is 6.07 Å². The monoisotopic (exact) mass is 259 g/mol. The normalized spacial score (nSPS) is 11.8. The fourth-order valence-corrected chi connectivity index (χ4v) is 1.91. The molecule has 96 valence electrons. The van der Waals surface area contributed by atoms with Crippen molar-refractivity contribution >= 4 is 15.7 Å². The maximum atomic E-state index is 11.2. The van der Waals surface area contributed by atoms with Crippen molar-refractivity contribution in [1.82, 2.24) is 4.90 Å². The number of para-hydroxylation sites is 1. The molecule has 1 aromatic rings. The van der Waals surface area contributed by atoms with Gasteiger partial charge in [0.05, 0.1) is 5.69 Å². The predicted octanol–water partition coefficient (Wildman–Crippen LogP) is -0.143. The summed E-state index contributed by atoms with van der Waals surface area (Å²) in [7, 11) is 0.00762. The number of anilines is 1. The molecule has 0 spiro atoms. The van der Waals surface area contributed by atoms with Crippen LogP contribution < -0.4 is 15.6 Å². The number of hydrogen-bond donors (Lipinski definition) is 2. The fourth-order valence-electron chi connectivity index (χ4n) is 1.24. The van der Waals surface area contributed by atoms with E-state index in [9.17, 15) is 8.42 Å². The maximum Gasteiger partial charge on any atom is 0.240 e. The minimum Gasteiger partial charge on any atom is -0.490 e. The minimum atomic E-state index is -3.81. The molecule has 7 heteroatoms. The van der Waals surface area contributed by atoms with Gasteiger partial charge >= 0.3 is 0 Å². The first-order valence-electron chi connectivity index (χ1n) is 5.01. The Morgan fingerprint density at radius 2 is 2.00 bits per heavy atom. The largest absolute Gasteiger partial charge is 0.490 e. The molecule has 17 heavy (non-hydrogen) atoms. The van der Waals surface area contributed by atoms with Gasteiger partial charge in [-0.15, -0.1) is 0 Å². The van der Waals surface area contributed by atoms with Gasteiger partial charge in [-0.3, -0.25) is 0 Å². The number of hydrogen-bond acceptors (Lipinski definition) is 5. The molecular weight excluding hydrogens is 242 g/mol. The molecule has 1 rings (SSSR count). The van der Waals surface area contributed by atoms with Gasteiger partial charge in [0.2, 0.25) is 10.0 Å². The third-order valence-electron chi connectivity index (χ3n) is 2.13. The molecule has 0 atom stereocenters.